The maximum Gasteiger partial charge on any atom is 0.311 e. The van der Waals surface area contributed by atoms with Crippen molar-refractivity contribution in [2.45, 2.75) is 40.7 Å². The summed E-state index contributed by atoms with van der Waals surface area (Å²) in [5, 5.41) is 19.6. The first-order chi connectivity index (χ1) is 10.7. The minimum atomic E-state index is -0.517. The molecule has 2 N–H and O–H groups in total. The molecule has 0 unspecified atom stereocenters. The zero-order valence-corrected chi connectivity index (χ0v) is 14.5. The van der Waals surface area contributed by atoms with Crippen LogP contribution in [-0.2, 0) is 22.6 Å². The fourth-order valence-corrected chi connectivity index (χ4v) is 2.12. The maximum atomic E-state index is 11.6. The second kappa shape index (κ2) is 8.02. The molecule has 23 heavy (non-hydrogen) atoms. The number of hydrogen-bond acceptors (Lipinski definition) is 5. The summed E-state index contributed by atoms with van der Waals surface area (Å²) in [5.41, 5.74) is 1.53. The molecule has 1 aromatic carbocycles. The summed E-state index contributed by atoms with van der Waals surface area (Å²) in [6, 6.07) is 1.87. The van der Waals surface area contributed by atoms with Crippen LogP contribution in [0.5, 0.6) is 11.5 Å². The number of methoxy groups -OCH3 is 1. The van der Waals surface area contributed by atoms with E-state index in [1.807, 2.05) is 19.1 Å². The highest BCUT2D eigenvalue weighted by molar-refractivity contribution is 5.75. The van der Waals surface area contributed by atoms with Crippen LogP contribution < -0.4 is 4.74 Å². The second-order valence-electron chi connectivity index (χ2n) is 6.40. The number of carbonyl (C=O) groups is 1. The number of aliphatic hydroxyl groups is 1. The summed E-state index contributed by atoms with van der Waals surface area (Å²) in [6.45, 7) is 7.16. The molecule has 0 aromatic heterocycles. The molecule has 1 rings (SSSR count). The number of allylic oxidation sites excluding steroid dienone is 1. The summed E-state index contributed by atoms with van der Waals surface area (Å²) in [5.74, 6) is 0.0922. The van der Waals surface area contributed by atoms with Crippen LogP contribution in [0, 0.1) is 12.3 Å². The molecule has 128 valence electrons. The zero-order chi connectivity index (χ0) is 17.6. The summed E-state index contributed by atoms with van der Waals surface area (Å²) >= 11 is 0. The molecule has 5 heteroatoms. The van der Waals surface area contributed by atoms with Crippen LogP contribution in [0.25, 0.3) is 0 Å². The van der Waals surface area contributed by atoms with Gasteiger partial charge in [0, 0.05) is 5.56 Å². The number of rotatable bonds is 6. The Balaban J connectivity index is 2.75. The van der Waals surface area contributed by atoms with Crippen molar-refractivity contribution in [1.82, 2.24) is 0 Å². The minimum Gasteiger partial charge on any atom is -0.504 e. The molecule has 0 fully saturated rings. The van der Waals surface area contributed by atoms with Crippen molar-refractivity contribution >= 4 is 5.97 Å². The van der Waals surface area contributed by atoms with E-state index in [-0.39, 0.29) is 24.9 Å². The van der Waals surface area contributed by atoms with Gasteiger partial charge in [0.1, 0.15) is 6.61 Å². The van der Waals surface area contributed by atoms with Crippen LogP contribution in [-0.4, -0.2) is 29.9 Å². The molecule has 0 atom stereocenters. The minimum absolute atomic E-state index is 0.0300. The average Bonchev–Trinajstić information content (AvgIpc) is 2.46. The monoisotopic (exact) mass is 322 g/mol. The van der Waals surface area contributed by atoms with Crippen LogP contribution >= 0.6 is 0 Å². The third-order valence-electron chi connectivity index (χ3n) is 3.43. The number of hydrogen-bond donors (Lipinski definition) is 2. The number of esters is 1. The maximum absolute atomic E-state index is 11.6. The van der Waals surface area contributed by atoms with E-state index < -0.39 is 5.41 Å². The fraction of sp³-hybridized carbons (Fsp3) is 0.500. The standard InChI is InChI=1S/C18H26O5/c1-12-10-13(14(11-19)15(20)16(12)22-5)8-6-7-9-23-17(21)18(2,3)4/h6-7,10,19-20H,8-9,11H2,1-5H3. The summed E-state index contributed by atoms with van der Waals surface area (Å²) in [6.07, 6.45) is 4.11. The number of aliphatic hydroxyl groups excluding tert-OH is 1. The Morgan fingerprint density at radius 3 is 2.48 bits per heavy atom. The summed E-state index contributed by atoms with van der Waals surface area (Å²) < 4.78 is 10.3. The van der Waals surface area contributed by atoms with E-state index in [9.17, 15) is 15.0 Å². The highest BCUT2D eigenvalue weighted by atomic mass is 16.5. The van der Waals surface area contributed by atoms with Gasteiger partial charge < -0.3 is 19.7 Å². The molecule has 0 aliphatic heterocycles. The average molecular weight is 322 g/mol. The van der Waals surface area contributed by atoms with Gasteiger partial charge in [-0.25, -0.2) is 0 Å². The lowest BCUT2D eigenvalue weighted by atomic mass is 9.97. The van der Waals surface area contributed by atoms with Crippen molar-refractivity contribution in [2.75, 3.05) is 13.7 Å². The molecule has 0 spiro atoms. The normalized spacial score (nSPS) is 11.7. The molecular formula is C18H26O5. The van der Waals surface area contributed by atoms with Crippen molar-refractivity contribution < 1.29 is 24.5 Å². The first-order valence-electron chi connectivity index (χ1n) is 7.53. The Labute approximate surface area is 137 Å². The largest absolute Gasteiger partial charge is 0.504 e. The van der Waals surface area contributed by atoms with Gasteiger partial charge in [0.2, 0.25) is 0 Å². The Morgan fingerprint density at radius 2 is 1.96 bits per heavy atom. The third kappa shape index (κ3) is 4.99. The van der Waals surface area contributed by atoms with Gasteiger partial charge in [-0.05, 0) is 45.2 Å². The number of aromatic hydroxyl groups is 1. The van der Waals surface area contributed by atoms with E-state index in [0.29, 0.717) is 17.7 Å². The van der Waals surface area contributed by atoms with Gasteiger partial charge in [-0.15, -0.1) is 0 Å². The van der Waals surface area contributed by atoms with E-state index in [0.717, 1.165) is 11.1 Å². The van der Waals surface area contributed by atoms with Gasteiger partial charge in [0.15, 0.2) is 11.5 Å². The summed E-state index contributed by atoms with van der Waals surface area (Å²) in [4.78, 5) is 11.6. The highest BCUT2D eigenvalue weighted by Crippen LogP contribution is 2.36. The number of carbonyl (C=O) groups excluding carboxylic acids is 1. The molecule has 0 bridgehead atoms. The number of aryl methyl sites for hydroxylation is 1. The number of benzene rings is 1. The Bertz CT molecular complexity index is 582. The van der Waals surface area contributed by atoms with Gasteiger partial charge >= 0.3 is 5.97 Å². The van der Waals surface area contributed by atoms with E-state index >= 15 is 0 Å². The van der Waals surface area contributed by atoms with Crippen molar-refractivity contribution in [2.24, 2.45) is 5.41 Å². The van der Waals surface area contributed by atoms with E-state index in [1.165, 1.54) is 7.11 Å². The smallest absolute Gasteiger partial charge is 0.311 e. The lowest BCUT2D eigenvalue weighted by Crippen LogP contribution is -2.22. The van der Waals surface area contributed by atoms with Crippen LogP contribution in [0.2, 0.25) is 0 Å². The van der Waals surface area contributed by atoms with Crippen LogP contribution in [0.1, 0.15) is 37.5 Å². The highest BCUT2D eigenvalue weighted by Gasteiger charge is 2.22. The molecule has 0 aliphatic carbocycles. The molecule has 1 aromatic rings. The third-order valence-corrected chi connectivity index (χ3v) is 3.43. The van der Waals surface area contributed by atoms with Gasteiger partial charge in [0.25, 0.3) is 0 Å². The van der Waals surface area contributed by atoms with Gasteiger partial charge in [-0.2, -0.15) is 0 Å². The first-order valence-corrected chi connectivity index (χ1v) is 7.53. The quantitative estimate of drug-likeness (QED) is 0.622. The van der Waals surface area contributed by atoms with Crippen molar-refractivity contribution in [3.8, 4) is 11.5 Å². The van der Waals surface area contributed by atoms with E-state index in [2.05, 4.69) is 0 Å². The zero-order valence-electron chi connectivity index (χ0n) is 14.5. The molecule has 0 radical (unpaired) electrons. The SMILES string of the molecule is COc1c(C)cc(CC=CCOC(=O)C(C)(C)C)c(CO)c1O. The molecule has 0 saturated heterocycles. The van der Waals surface area contributed by atoms with Gasteiger partial charge in [-0.3, -0.25) is 4.79 Å². The lowest BCUT2D eigenvalue weighted by Gasteiger charge is -2.15. The Hall–Kier alpha value is -2.01. The van der Waals surface area contributed by atoms with Crippen molar-refractivity contribution in [3.63, 3.8) is 0 Å². The van der Waals surface area contributed by atoms with Crippen LogP contribution in [0.4, 0.5) is 0 Å². The van der Waals surface area contributed by atoms with E-state index in [4.69, 9.17) is 9.47 Å². The lowest BCUT2D eigenvalue weighted by molar-refractivity contribution is -0.151. The molecule has 0 saturated carbocycles. The van der Waals surface area contributed by atoms with Gasteiger partial charge in [-0.1, -0.05) is 18.2 Å². The topological polar surface area (TPSA) is 76.0 Å². The number of phenols is 1. The van der Waals surface area contributed by atoms with Crippen molar-refractivity contribution in [1.29, 1.82) is 0 Å². The van der Waals surface area contributed by atoms with Crippen LogP contribution in [0.3, 0.4) is 0 Å². The second-order valence-corrected chi connectivity index (χ2v) is 6.40. The molecule has 0 aliphatic rings. The Morgan fingerprint density at radius 1 is 1.30 bits per heavy atom. The van der Waals surface area contributed by atoms with Crippen LogP contribution in [0.15, 0.2) is 18.2 Å². The first kappa shape index (κ1) is 19.0. The molecular weight excluding hydrogens is 296 g/mol. The summed E-state index contributed by atoms with van der Waals surface area (Å²) in [7, 11) is 1.48. The predicted octanol–water partition coefficient (Wildman–Crippen LogP) is 2.89. The molecule has 0 amide bonds. The molecule has 5 nitrogen and oxygen atoms in total. The van der Waals surface area contributed by atoms with Gasteiger partial charge in [0.05, 0.1) is 19.1 Å². The molecule has 0 heterocycles. The fourth-order valence-electron chi connectivity index (χ4n) is 2.12. The predicted molar refractivity (Wildman–Crippen MR) is 88.6 cm³/mol. The van der Waals surface area contributed by atoms with E-state index in [1.54, 1.807) is 26.8 Å². The Kier molecular flexibility index (Phi) is 6.63. The van der Waals surface area contributed by atoms with Crippen molar-refractivity contribution in [3.05, 3.63) is 34.9 Å². The number of ether oxygens (including phenoxy) is 2.